The van der Waals surface area contributed by atoms with Crippen LogP contribution in [0.15, 0.2) is 47.4 Å². The minimum atomic E-state index is -4.89. The number of thioether (sulfide) groups is 1. The SMILES string of the molecule is O=C(CSc1ccc(F)c(F)c1)Nc1ccccc1OC(F)(F)F. The van der Waals surface area contributed by atoms with E-state index in [0.29, 0.717) is 4.90 Å². The van der Waals surface area contributed by atoms with Gasteiger partial charge in [-0.2, -0.15) is 0 Å². The fraction of sp³-hybridized carbons (Fsp3) is 0.133. The van der Waals surface area contributed by atoms with Crippen molar-refractivity contribution in [3.8, 4) is 5.75 Å². The van der Waals surface area contributed by atoms with Crippen LogP contribution in [0.25, 0.3) is 0 Å². The first-order chi connectivity index (χ1) is 11.2. The fourth-order valence-corrected chi connectivity index (χ4v) is 2.41. The molecule has 24 heavy (non-hydrogen) atoms. The van der Waals surface area contributed by atoms with Crippen molar-refractivity contribution in [3.63, 3.8) is 0 Å². The molecule has 1 N–H and O–H groups in total. The molecule has 2 rings (SSSR count). The van der Waals surface area contributed by atoms with E-state index in [1.165, 1.54) is 24.3 Å². The van der Waals surface area contributed by atoms with E-state index in [4.69, 9.17) is 0 Å². The fourth-order valence-electron chi connectivity index (χ4n) is 1.69. The van der Waals surface area contributed by atoms with Gasteiger partial charge in [-0.25, -0.2) is 8.78 Å². The van der Waals surface area contributed by atoms with E-state index < -0.39 is 29.7 Å². The van der Waals surface area contributed by atoms with Gasteiger partial charge in [0.05, 0.1) is 11.4 Å². The number of carbonyl (C=O) groups is 1. The normalized spacial score (nSPS) is 11.2. The van der Waals surface area contributed by atoms with Gasteiger partial charge in [0.2, 0.25) is 5.91 Å². The number of nitrogens with one attached hydrogen (secondary N) is 1. The smallest absolute Gasteiger partial charge is 0.404 e. The molecule has 0 radical (unpaired) electrons. The second-order valence-corrected chi connectivity index (χ2v) is 5.51. The van der Waals surface area contributed by atoms with E-state index in [1.807, 2.05) is 0 Å². The second-order valence-electron chi connectivity index (χ2n) is 4.46. The Balaban J connectivity index is 1.98. The van der Waals surface area contributed by atoms with Gasteiger partial charge in [-0.1, -0.05) is 12.1 Å². The molecule has 0 aromatic heterocycles. The number of para-hydroxylation sites is 2. The van der Waals surface area contributed by atoms with Gasteiger partial charge in [0, 0.05) is 4.90 Å². The molecule has 0 aliphatic carbocycles. The predicted molar refractivity (Wildman–Crippen MR) is 78.8 cm³/mol. The molecular formula is C15H10F5NO2S. The third-order valence-corrected chi connectivity index (χ3v) is 3.64. The summed E-state index contributed by atoms with van der Waals surface area (Å²) in [4.78, 5) is 12.1. The van der Waals surface area contributed by atoms with Crippen molar-refractivity contribution in [1.29, 1.82) is 0 Å². The van der Waals surface area contributed by atoms with E-state index in [-0.39, 0.29) is 11.4 Å². The Morgan fingerprint density at radius 2 is 1.79 bits per heavy atom. The van der Waals surface area contributed by atoms with Crippen molar-refractivity contribution in [3.05, 3.63) is 54.1 Å². The summed E-state index contributed by atoms with van der Waals surface area (Å²) in [5.41, 5.74) is -0.147. The Labute approximate surface area is 137 Å². The molecule has 2 aromatic rings. The minimum Gasteiger partial charge on any atom is -0.404 e. The first-order valence-corrected chi connectivity index (χ1v) is 7.45. The van der Waals surface area contributed by atoms with Crippen LogP contribution in [0, 0.1) is 11.6 Å². The van der Waals surface area contributed by atoms with Crippen molar-refractivity contribution in [1.82, 2.24) is 0 Å². The van der Waals surface area contributed by atoms with Crippen LogP contribution in [0.3, 0.4) is 0 Å². The third kappa shape index (κ3) is 5.41. The van der Waals surface area contributed by atoms with Gasteiger partial charge >= 0.3 is 6.36 Å². The maximum atomic E-state index is 13.0. The first kappa shape index (κ1) is 18.1. The summed E-state index contributed by atoms with van der Waals surface area (Å²) >= 11 is 0.908. The number of rotatable bonds is 5. The average Bonchev–Trinajstić information content (AvgIpc) is 2.49. The summed E-state index contributed by atoms with van der Waals surface area (Å²) in [7, 11) is 0. The van der Waals surface area contributed by atoms with Crippen LogP contribution in [0.1, 0.15) is 0 Å². The summed E-state index contributed by atoms with van der Waals surface area (Å²) in [5.74, 6) is -3.43. The predicted octanol–water partition coefficient (Wildman–Crippen LogP) is 4.59. The van der Waals surface area contributed by atoms with Gasteiger partial charge in [-0.15, -0.1) is 24.9 Å². The molecule has 0 unspecified atom stereocenters. The van der Waals surface area contributed by atoms with Crippen molar-refractivity contribution >= 4 is 23.4 Å². The molecule has 0 aliphatic heterocycles. The zero-order valence-corrected chi connectivity index (χ0v) is 12.7. The first-order valence-electron chi connectivity index (χ1n) is 6.47. The number of amides is 1. The highest BCUT2D eigenvalue weighted by Crippen LogP contribution is 2.30. The van der Waals surface area contributed by atoms with Crippen LogP contribution in [0.4, 0.5) is 27.6 Å². The van der Waals surface area contributed by atoms with E-state index in [0.717, 1.165) is 30.0 Å². The second kappa shape index (κ2) is 7.52. The lowest BCUT2D eigenvalue weighted by Gasteiger charge is -2.13. The van der Waals surface area contributed by atoms with Crippen LogP contribution >= 0.6 is 11.8 Å². The summed E-state index contributed by atoms with van der Waals surface area (Å²) in [5, 5.41) is 2.28. The van der Waals surface area contributed by atoms with E-state index in [1.54, 1.807) is 0 Å². The van der Waals surface area contributed by atoms with Crippen LogP contribution < -0.4 is 10.1 Å². The molecule has 128 valence electrons. The van der Waals surface area contributed by atoms with Crippen LogP contribution in [-0.4, -0.2) is 18.0 Å². The van der Waals surface area contributed by atoms with Gasteiger partial charge in [-0.05, 0) is 30.3 Å². The Hall–Kier alpha value is -2.29. The quantitative estimate of drug-likeness (QED) is 0.624. The molecule has 0 atom stereocenters. The maximum absolute atomic E-state index is 13.0. The van der Waals surface area contributed by atoms with Gasteiger partial charge in [0.25, 0.3) is 0 Å². The Morgan fingerprint density at radius 1 is 1.08 bits per heavy atom. The number of anilines is 1. The molecule has 0 spiro atoms. The highest BCUT2D eigenvalue weighted by atomic mass is 32.2. The summed E-state index contributed by atoms with van der Waals surface area (Å²) in [6.07, 6.45) is -4.89. The Morgan fingerprint density at radius 3 is 2.46 bits per heavy atom. The monoisotopic (exact) mass is 363 g/mol. The summed E-state index contributed by atoms with van der Waals surface area (Å²) < 4.78 is 66.5. The summed E-state index contributed by atoms with van der Waals surface area (Å²) in [6.45, 7) is 0. The Bertz CT molecular complexity index is 736. The largest absolute Gasteiger partial charge is 0.573 e. The molecule has 3 nitrogen and oxygen atoms in total. The molecule has 0 aliphatic rings. The van der Waals surface area contributed by atoms with Crippen LogP contribution in [0.5, 0.6) is 5.75 Å². The van der Waals surface area contributed by atoms with Gasteiger partial charge in [-0.3, -0.25) is 4.79 Å². The zero-order chi connectivity index (χ0) is 17.7. The van der Waals surface area contributed by atoms with Crippen LogP contribution in [-0.2, 0) is 4.79 Å². The zero-order valence-electron chi connectivity index (χ0n) is 11.9. The average molecular weight is 363 g/mol. The molecule has 0 bridgehead atoms. The topological polar surface area (TPSA) is 38.3 Å². The summed E-state index contributed by atoms with van der Waals surface area (Å²) in [6, 6.07) is 8.20. The lowest BCUT2D eigenvalue weighted by atomic mass is 10.3. The third-order valence-electron chi connectivity index (χ3n) is 2.65. The molecular weight excluding hydrogens is 353 g/mol. The number of halogens is 5. The lowest BCUT2D eigenvalue weighted by Crippen LogP contribution is -2.20. The van der Waals surface area contributed by atoms with Gasteiger partial charge in [0.1, 0.15) is 0 Å². The molecule has 0 saturated heterocycles. The Kier molecular flexibility index (Phi) is 5.66. The van der Waals surface area contributed by atoms with Crippen LogP contribution in [0.2, 0.25) is 0 Å². The number of hydrogen-bond acceptors (Lipinski definition) is 3. The van der Waals surface area contributed by atoms with Crippen molar-refractivity contribution in [2.75, 3.05) is 11.1 Å². The number of hydrogen-bond donors (Lipinski definition) is 1. The van der Waals surface area contributed by atoms with E-state index >= 15 is 0 Å². The molecule has 0 saturated carbocycles. The standard InChI is InChI=1S/C15H10F5NO2S/c16-10-6-5-9(7-11(10)17)24-8-14(22)21-12-3-1-2-4-13(12)23-15(18,19)20/h1-7H,8H2,(H,21,22). The van der Waals surface area contributed by atoms with Crippen molar-refractivity contribution in [2.45, 2.75) is 11.3 Å². The molecule has 0 heterocycles. The van der Waals surface area contributed by atoms with E-state index in [2.05, 4.69) is 10.1 Å². The minimum absolute atomic E-state index is 0.147. The van der Waals surface area contributed by atoms with Gasteiger partial charge in [0.15, 0.2) is 17.4 Å². The van der Waals surface area contributed by atoms with Crippen molar-refractivity contribution < 1.29 is 31.5 Å². The number of alkyl halides is 3. The molecule has 0 fully saturated rings. The number of ether oxygens (including phenoxy) is 1. The van der Waals surface area contributed by atoms with Crippen molar-refractivity contribution in [2.24, 2.45) is 0 Å². The maximum Gasteiger partial charge on any atom is 0.573 e. The number of benzene rings is 2. The highest BCUT2D eigenvalue weighted by molar-refractivity contribution is 8.00. The molecule has 1 amide bonds. The molecule has 9 heteroatoms. The van der Waals surface area contributed by atoms with Gasteiger partial charge < -0.3 is 10.1 Å². The number of carbonyl (C=O) groups excluding carboxylic acids is 1. The highest BCUT2D eigenvalue weighted by Gasteiger charge is 2.32. The lowest BCUT2D eigenvalue weighted by molar-refractivity contribution is -0.274. The molecule has 2 aromatic carbocycles. The van der Waals surface area contributed by atoms with E-state index in [9.17, 15) is 26.7 Å².